The van der Waals surface area contributed by atoms with Crippen LogP contribution in [0.25, 0.3) is 0 Å². The molecule has 1 unspecified atom stereocenters. The molecule has 0 heterocycles. The Morgan fingerprint density at radius 3 is 2.00 bits per heavy atom. The molecule has 0 aromatic carbocycles. The van der Waals surface area contributed by atoms with Crippen molar-refractivity contribution in [3.05, 3.63) is 0 Å². The molecule has 0 spiro atoms. The molecule has 0 saturated carbocycles. The molecule has 0 aliphatic carbocycles. The quantitative estimate of drug-likeness (QED) is 0.667. The van der Waals surface area contributed by atoms with Crippen LogP contribution >= 0.6 is 0 Å². The van der Waals surface area contributed by atoms with Crippen LogP contribution in [-0.4, -0.2) is 17.3 Å². The molecule has 0 bridgehead atoms. The highest BCUT2D eigenvalue weighted by Crippen LogP contribution is 2.36. The lowest BCUT2D eigenvalue weighted by Crippen LogP contribution is -2.48. The van der Waals surface area contributed by atoms with Crippen LogP contribution in [0.2, 0.25) is 0 Å². The van der Waals surface area contributed by atoms with Crippen molar-refractivity contribution in [2.75, 3.05) is 6.54 Å². The number of aliphatic hydroxyl groups is 1. The summed E-state index contributed by atoms with van der Waals surface area (Å²) in [5, 5.41) is 10.3. The van der Waals surface area contributed by atoms with Crippen LogP contribution in [0.3, 0.4) is 0 Å². The summed E-state index contributed by atoms with van der Waals surface area (Å²) in [5.74, 6) is 0. The Labute approximate surface area is 76.2 Å². The Hall–Kier alpha value is -0.0800. The Morgan fingerprint density at radius 1 is 1.25 bits per heavy atom. The molecule has 1 atom stereocenters. The molecular formula is C10H23NO. The fraction of sp³-hybridized carbons (Fsp3) is 1.00. The Balaban J connectivity index is 4.49. The van der Waals surface area contributed by atoms with Gasteiger partial charge in [0, 0.05) is 12.0 Å². The number of hydrogen-bond donors (Lipinski definition) is 2. The van der Waals surface area contributed by atoms with E-state index in [4.69, 9.17) is 5.73 Å². The molecule has 0 saturated heterocycles. The van der Waals surface area contributed by atoms with Gasteiger partial charge in [-0.15, -0.1) is 0 Å². The molecule has 0 aromatic rings. The minimum absolute atomic E-state index is 0.169. The Morgan fingerprint density at radius 2 is 1.75 bits per heavy atom. The summed E-state index contributed by atoms with van der Waals surface area (Å²) in [4.78, 5) is 0. The van der Waals surface area contributed by atoms with Crippen molar-refractivity contribution in [3.8, 4) is 0 Å². The molecule has 0 aliphatic rings. The zero-order valence-electron chi connectivity index (χ0n) is 8.85. The highest BCUT2D eigenvalue weighted by Gasteiger charge is 2.39. The second-order valence-electron chi connectivity index (χ2n) is 4.22. The van der Waals surface area contributed by atoms with Gasteiger partial charge in [0.1, 0.15) is 0 Å². The fourth-order valence-electron chi connectivity index (χ4n) is 1.60. The molecule has 3 N–H and O–H groups in total. The minimum atomic E-state index is -0.587. The van der Waals surface area contributed by atoms with Crippen molar-refractivity contribution in [2.45, 2.75) is 52.6 Å². The van der Waals surface area contributed by atoms with Gasteiger partial charge >= 0.3 is 0 Å². The maximum Gasteiger partial charge on any atom is 0.0707 e. The maximum atomic E-state index is 10.3. The van der Waals surface area contributed by atoms with Gasteiger partial charge in [-0.05, 0) is 12.8 Å². The highest BCUT2D eigenvalue weighted by atomic mass is 16.3. The van der Waals surface area contributed by atoms with Crippen LogP contribution in [-0.2, 0) is 0 Å². The predicted octanol–water partition coefficient (Wildman–Crippen LogP) is 1.91. The lowest BCUT2D eigenvalue weighted by atomic mass is 9.71. The first-order valence-corrected chi connectivity index (χ1v) is 4.86. The molecule has 12 heavy (non-hydrogen) atoms. The first kappa shape index (κ1) is 11.9. The molecule has 2 nitrogen and oxygen atoms in total. The van der Waals surface area contributed by atoms with E-state index < -0.39 is 5.60 Å². The average Bonchev–Trinajstić information content (AvgIpc) is 2.04. The molecule has 0 aliphatic heterocycles. The zero-order valence-corrected chi connectivity index (χ0v) is 8.85. The second kappa shape index (κ2) is 4.24. The van der Waals surface area contributed by atoms with Crippen molar-refractivity contribution >= 4 is 0 Å². The molecular weight excluding hydrogens is 150 g/mol. The van der Waals surface area contributed by atoms with E-state index in [1.165, 1.54) is 0 Å². The summed E-state index contributed by atoms with van der Waals surface area (Å²) in [6.07, 6.45) is 2.63. The lowest BCUT2D eigenvalue weighted by molar-refractivity contribution is -0.0723. The topological polar surface area (TPSA) is 46.2 Å². The number of rotatable bonds is 5. The molecule has 0 rings (SSSR count). The summed E-state index contributed by atoms with van der Waals surface area (Å²) in [6, 6.07) is 0. The maximum absolute atomic E-state index is 10.3. The van der Waals surface area contributed by atoms with E-state index in [9.17, 15) is 5.11 Å². The van der Waals surface area contributed by atoms with Crippen molar-refractivity contribution in [1.29, 1.82) is 0 Å². The normalized spacial score (nSPS) is 17.5. The van der Waals surface area contributed by atoms with Gasteiger partial charge in [0.05, 0.1) is 5.60 Å². The SMILES string of the molecule is CCCC(O)(CC)C(C)(C)CN. The summed E-state index contributed by atoms with van der Waals surface area (Å²) >= 11 is 0. The van der Waals surface area contributed by atoms with Crippen LogP contribution in [0.4, 0.5) is 0 Å². The number of hydrogen-bond acceptors (Lipinski definition) is 2. The van der Waals surface area contributed by atoms with E-state index in [1.807, 2.05) is 20.8 Å². The van der Waals surface area contributed by atoms with Gasteiger partial charge in [-0.25, -0.2) is 0 Å². The van der Waals surface area contributed by atoms with Gasteiger partial charge < -0.3 is 10.8 Å². The smallest absolute Gasteiger partial charge is 0.0707 e. The average molecular weight is 173 g/mol. The standard InChI is InChI=1S/C10H23NO/c1-5-7-10(12,6-2)9(3,4)8-11/h12H,5-8,11H2,1-4H3. The van der Waals surface area contributed by atoms with Crippen LogP contribution in [0.1, 0.15) is 47.0 Å². The monoisotopic (exact) mass is 173 g/mol. The van der Waals surface area contributed by atoms with Crippen LogP contribution in [0.15, 0.2) is 0 Å². The van der Waals surface area contributed by atoms with Gasteiger partial charge in [0.2, 0.25) is 0 Å². The van der Waals surface area contributed by atoms with E-state index in [1.54, 1.807) is 0 Å². The Bertz CT molecular complexity index is 134. The third kappa shape index (κ3) is 2.20. The molecule has 0 radical (unpaired) electrons. The van der Waals surface area contributed by atoms with Crippen molar-refractivity contribution in [2.24, 2.45) is 11.1 Å². The van der Waals surface area contributed by atoms with Gasteiger partial charge in [-0.3, -0.25) is 0 Å². The van der Waals surface area contributed by atoms with Gasteiger partial charge in [-0.2, -0.15) is 0 Å². The summed E-state index contributed by atoms with van der Waals surface area (Å²) in [6.45, 7) is 8.72. The molecule has 74 valence electrons. The van der Waals surface area contributed by atoms with E-state index in [0.29, 0.717) is 6.54 Å². The van der Waals surface area contributed by atoms with Crippen LogP contribution < -0.4 is 5.73 Å². The fourth-order valence-corrected chi connectivity index (χ4v) is 1.60. The lowest BCUT2D eigenvalue weighted by Gasteiger charge is -2.41. The first-order valence-electron chi connectivity index (χ1n) is 4.86. The molecule has 2 heteroatoms. The van der Waals surface area contributed by atoms with E-state index >= 15 is 0 Å². The van der Waals surface area contributed by atoms with Crippen LogP contribution in [0, 0.1) is 5.41 Å². The van der Waals surface area contributed by atoms with Crippen LogP contribution in [0.5, 0.6) is 0 Å². The third-order valence-electron chi connectivity index (χ3n) is 3.02. The van der Waals surface area contributed by atoms with Crippen molar-refractivity contribution in [1.82, 2.24) is 0 Å². The molecule has 0 aromatic heterocycles. The number of nitrogens with two attached hydrogens (primary N) is 1. The summed E-state index contributed by atoms with van der Waals surface area (Å²) in [5.41, 5.74) is 4.88. The molecule has 0 fully saturated rings. The predicted molar refractivity (Wildman–Crippen MR) is 53.0 cm³/mol. The van der Waals surface area contributed by atoms with Gasteiger partial charge in [0.15, 0.2) is 0 Å². The molecule has 0 amide bonds. The van der Waals surface area contributed by atoms with Gasteiger partial charge in [-0.1, -0.05) is 34.1 Å². The largest absolute Gasteiger partial charge is 0.389 e. The van der Waals surface area contributed by atoms with E-state index in [-0.39, 0.29) is 5.41 Å². The van der Waals surface area contributed by atoms with Crippen molar-refractivity contribution < 1.29 is 5.11 Å². The van der Waals surface area contributed by atoms with Gasteiger partial charge in [0.25, 0.3) is 0 Å². The third-order valence-corrected chi connectivity index (χ3v) is 3.02. The Kier molecular flexibility index (Phi) is 4.21. The van der Waals surface area contributed by atoms with Crippen molar-refractivity contribution in [3.63, 3.8) is 0 Å². The minimum Gasteiger partial charge on any atom is -0.389 e. The zero-order chi connectivity index (χ0) is 9.83. The second-order valence-corrected chi connectivity index (χ2v) is 4.22. The summed E-state index contributed by atoms with van der Waals surface area (Å²) in [7, 11) is 0. The highest BCUT2D eigenvalue weighted by molar-refractivity contribution is 4.92. The first-order chi connectivity index (χ1) is 5.43. The van der Waals surface area contributed by atoms with E-state index in [2.05, 4.69) is 6.92 Å². The van der Waals surface area contributed by atoms with E-state index in [0.717, 1.165) is 19.3 Å². The summed E-state index contributed by atoms with van der Waals surface area (Å²) < 4.78 is 0.